The minimum Gasteiger partial charge on any atom is -0.600 e. The van der Waals surface area contributed by atoms with Crippen LogP contribution in [0.3, 0.4) is 0 Å². The number of hydrogen-bond donors (Lipinski definition) is 3. The maximum absolute atomic E-state index is 11.7. The molecule has 94 valence electrons. The van der Waals surface area contributed by atoms with Crippen LogP contribution in [0.25, 0.3) is 0 Å². The summed E-state index contributed by atoms with van der Waals surface area (Å²) in [6, 6.07) is 9.57. The predicted molar refractivity (Wildman–Crippen MR) is 60.6 cm³/mol. The number of benzene rings is 1. The highest BCUT2D eigenvalue weighted by atomic mass is 16.9. The quantitative estimate of drug-likeness (QED) is 0.485. The molecule has 0 aromatic heterocycles. The van der Waals surface area contributed by atoms with Gasteiger partial charge < -0.3 is 15.4 Å². The van der Waals surface area contributed by atoms with Crippen molar-refractivity contribution < 1.29 is 20.3 Å². The summed E-state index contributed by atoms with van der Waals surface area (Å²) in [5, 5.41) is 29.2. The monoisotopic (exact) mass is 239 g/mol. The highest BCUT2D eigenvalue weighted by Gasteiger charge is 2.32. The summed E-state index contributed by atoms with van der Waals surface area (Å²) in [6.07, 6.45) is -0.559. The van der Waals surface area contributed by atoms with E-state index in [0.717, 1.165) is 5.56 Å². The summed E-state index contributed by atoms with van der Waals surface area (Å²) >= 11 is 0. The highest BCUT2D eigenvalue weighted by molar-refractivity contribution is 5.15. The average Bonchev–Trinajstić information content (AvgIpc) is 2.33. The van der Waals surface area contributed by atoms with Crippen LogP contribution in [0.15, 0.2) is 30.3 Å². The van der Waals surface area contributed by atoms with Crippen LogP contribution >= 0.6 is 0 Å². The summed E-state index contributed by atoms with van der Waals surface area (Å²) in [5.41, 5.74) is 1.09. The van der Waals surface area contributed by atoms with Gasteiger partial charge in [0.1, 0.15) is 6.04 Å². The van der Waals surface area contributed by atoms with Crippen molar-refractivity contribution in [2.24, 2.45) is 0 Å². The second-order valence-corrected chi connectivity index (χ2v) is 4.35. The van der Waals surface area contributed by atoms with E-state index in [-0.39, 0.29) is 11.3 Å². The summed E-state index contributed by atoms with van der Waals surface area (Å²) < 4.78 is 0. The topological polar surface area (TPSA) is 77.2 Å². The Kier molecular flexibility index (Phi) is 4.09. The molecule has 1 aliphatic rings. The minimum atomic E-state index is -1.57. The van der Waals surface area contributed by atoms with Gasteiger partial charge in [-0.15, -0.1) is 0 Å². The standard InChI is InChI=1S/C12H17NO4/c14-12(15)11-7-6-10(13(16)17-11)8-9-4-2-1-3-5-9/h1-5,10-15H,6-8H2. The normalized spacial score (nSPS) is 29.5. The van der Waals surface area contributed by atoms with Crippen molar-refractivity contribution in [3.63, 3.8) is 0 Å². The second-order valence-electron chi connectivity index (χ2n) is 4.35. The van der Waals surface area contributed by atoms with Gasteiger partial charge in [0.2, 0.25) is 0 Å². The first kappa shape index (κ1) is 12.5. The summed E-state index contributed by atoms with van der Waals surface area (Å²) in [4.78, 5) is 4.99. The fourth-order valence-corrected chi connectivity index (χ4v) is 2.08. The summed E-state index contributed by atoms with van der Waals surface area (Å²) in [6.45, 7) is 0. The Bertz CT molecular complexity index is 344. The SMILES string of the molecule is [O-][NH+]1OC(C(O)O)CCC1Cc1ccccc1. The van der Waals surface area contributed by atoms with Gasteiger partial charge in [0.15, 0.2) is 12.4 Å². The number of hydroxylamine groups is 2. The Hall–Kier alpha value is -0.980. The number of hydrogen-bond acceptors (Lipinski definition) is 4. The molecule has 5 heteroatoms. The van der Waals surface area contributed by atoms with Gasteiger partial charge in [-0.3, -0.25) is 0 Å². The van der Waals surface area contributed by atoms with E-state index in [1.165, 1.54) is 0 Å². The van der Waals surface area contributed by atoms with E-state index in [0.29, 0.717) is 19.3 Å². The zero-order valence-electron chi connectivity index (χ0n) is 9.45. The molecule has 0 bridgehead atoms. The second kappa shape index (κ2) is 5.57. The van der Waals surface area contributed by atoms with E-state index in [1.54, 1.807) is 0 Å². The molecule has 1 fully saturated rings. The van der Waals surface area contributed by atoms with Gasteiger partial charge in [-0.25, -0.2) is 5.23 Å². The first-order valence-electron chi connectivity index (χ1n) is 5.77. The maximum atomic E-state index is 11.7. The molecule has 17 heavy (non-hydrogen) atoms. The smallest absolute Gasteiger partial charge is 0.184 e. The van der Waals surface area contributed by atoms with E-state index in [1.807, 2.05) is 30.3 Å². The largest absolute Gasteiger partial charge is 0.600 e. The van der Waals surface area contributed by atoms with Crippen LogP contribution in [-0.2, 0) is 11.3 Å². The molecular formula is C12H17NO4. The first-order valence-corrected chi connectivity index (χ1v) is 5.77. The average molecular weight is 239 g/mol. The fourth-order valence-electron chi connectivity index (χ4n) is 2.08. The van der Waals surface area contributed by atoms with Gasteiger partial charge in [-0.1, -0.05) is 30.3 Å². The van der Waals surface area contributed by atoms with Crippen molar-refractivity contribution in [2.45, 2.75) is 37.7 Å². The highest BCUT2D eigenvalue weighted by Crippen LogP contribution is 2.13. The minimum absolute atomic E-state index is 0.174. The molecule has 1 saturated heterocycles. The third kappa shape index (κ3) is 3.24. The molecule has 3 N–H and O–H groups in total. The molecule has 5 nitrogen and oxygen atoms in total. The number of quaternary nitrogens is 1. The lowest BCUT2D eigenvalue weighted by molar-refractivity contribution is -1.08. The molecule has 0 aliphatic carbocycles. The Morgan fingerprint density at radius 2 is 2.00 bits per heavy atom. The van der Waals surface area contributed by atoms with E-state index in [9.17, 15) is 5.21 Å². The Balaban J connectivity index is 1.92. The molecule has 1 aliphatic heterocycles. The van der Waals surface area contributed by atoms with E-state index >= 15 is 0 Å². The predicted octanol–water partition coefficient (Wildman–Crippen LogP) is -0.615. The molecule has 0 radical (unpaired) electrons. The van der Waals surface area contributed by atoms with Crippen molar-refractivity contribution in [3.05, 3.63) is 41.1 Å². The van der Waals surface area contributed by atoms with Gasteiger partial charge >= 0.3 is 0 Å². The molecule has 0 spiro atoms. The lowest BCUT2D eigenvalue weighted by Crippen LogP contribution is -3.12. The summed E-state index contributed by atoms with van der Waals surface area (Å²) in [5.74, 6) is 0. The molecule has 1 aromatic rings. The lowest BCUT2D eigenvalue weighted by Gasteiger charge is -2.37. The molecule has 0 amide bonds. The third-order valence-corrected chi connectivity index (χ3v) is 3.06. The van der Waals surface area contributed by atoms with Crippen molar-refractivity contribution in [1.82, 2.24) is 0 Å². The number of nitrogens with one attached hydrogen (secondary N) is 1. The van der Waals surface area contributed by atoms with Crippen molar-refractivity contribution in [2.75, 3.05) is 0 Å². The maximum Gasteiger partial charge on any atom is 0.184 e. The van der Waals surface area contributed by atoms with Crippen LogP contribution in [0, 0.1) is 5.21 Å². The van der Waals surface area contributed by atoms with Gasteiger partial charge in [-0.05, 0) is 12.0 Å². The number of aliphatic hydroxyl groups is 2. The van der Waals surface area contributed by atoms with Crippen molar-refractivity contribution in [1.29, 1.82) is 0 Å². The number of aliphatic hydroxyl groups excluding tert-OH is 1. The molecule has 1 heterocycles. The molecule has 2 rings (SSSR count). The van der Waals surface area contributed by atoms with Gasteiger partial charge in [0.05, 0.1) is 0 Å². The van der Waals surface area contributed by atoms with E-state index in [2.05, 4.69) is 0 Å². The van der Waals surface area contributed by atoms with Crippen LogP contribution in [0.2, 0.25) is 0 Å². The van der Waals surface area contributed by atoms with E-state index < -0.39 is 12.4 Å². The van der Waals surface area contributed by atoms with Crippen LogP contribution < -0.4 is 5.23 Å². The van der Waals surface area contributed by atoms with Gasteiger partial charge in [0, 0.05) is 12.8 Å². The third-order valence-electron chi connectivity index (χ3n) is 3.06. The molecular weight excluding hydrogens is 222 g/mol. The Morgan fingerprint density at radius 1 is 1.29 bits per heavy atom. The van der Waals surface area contributed by atoms with Crippen LogP contribution in [0.5, 0.6) is 0 Å². The van der Waals surface area contributed by atoms with E-state index in [4.69, 9.17) is 15.1 Å². The molecule has 3 atom stereocenters. The summed E-state index contributed by atoms with van der Waals surface area (Å²) in [7, 11) is 0. The zero-order valence-corrected chi connectivity index (χ0v) is 9.45. The zero-order chi connectivity index (χ0) is 12.3. The van der Waals surface area contributed by atoms with Crippen LogP contribution in [0.1, 0.15) is 18.4 Å². The lowest BCUT2D eigenvalue weighted by atomic mass is 9.99. The van der Waals surface area contributed by atoms with Gasteiger partial charge in [0.25, 0.3) is 0 Å². The fraction of sp³-hybridized carbons (Fsp3) is 0.500. The van der Waals surface area contributed by atoms with Gasteiger partial charge in [-0.2, -0.15) is 4.84 Å². The molecule has 0 saturated carbocycles. The Labute approximate surface area is 99.8 Å². The van der Waals surface area contributed by atoms with Crippen LogP contribution in [-0.4, -0.2) is 28.6 Å². The number of rotatable bonds is 3. The first-order chi connectivity index (χ1) is 8.16. The molecule has 1 aromatic carbocycles. The Morgan fingerprint density at radius 3 is 2.59 bits per heavy atom. The van der Waals surface area contributed by atoms with Crippen LogP contribution in [0.4, 0.5) is 0 Å². The molecule has 3 unspecified atom stereocenters. The van der Waals surface area contributed by atoms with Crippen molar-refractivity contribution >= 4 is 0 Å². The van der Waals surface area contributed by atoms with Crippen molar-refractivity contribution in [3.8, 4) is 0 Å².